The summed E-state index contributed by atoms with van der Waals surface area (Å²) < 4.78 is 37.9. The van der Waals surface area contributed by atoms with E-state index in [1.165, 1.54) is 12.1 Å². The Morgan fingerprint density at radius 1 is 1.08 bits per heavy atom. The highest BCUT2D eigenvalue weighted by molar-refractivity contribution is 5.52. The average molecular weight is 332 g/mol. The lowest BCUT2D eigenvalue weighted by molar-refractivity contribution is -0.137. The van der Waals surface area contributed by atoms with Gasteiger partial charge in [0.05, 0.1) is 18.2 Å². The van der Waals surface area contributed by atoms with Crippen molar-refractivity contribution in [1.29, 1.82) is 5.26 Å². The molecule has 0 aliphatic carbocycles. The van der Waals surface area contributed by atoms with Gasteiger partial charge in [0.25, 0.3) is 0 Å². The maximum atomic E-state index is 12.6. The van der Waals surface area contributed by atoms with Gasteiger partial charge in [0.1, 0.15) is 12.3 Å². The van der Waals surface area contributed by atoms with Gasteiger partial charge in [-0.05, 0) is 23.3 Å². The zero-order valence-corrected chi connectivity index (χ0v) is 12.7. The molecular weight excluding hydrogens is 317 g/mol. The van der Waals surface area contributed by atoms with Crippen LogP contribution in [0.1, 0.15) is 22.7 Å². The van der Waals surface area contributed by atoms with Crippen LogP contribution in [0.25, 0.3) is 0 Å². The first kappa shape index (κ1) is 17.7. The summed E-state index contributed by atoms with van der Waals surface area (Å²) in [5.74, 6) is 0. The van der Waals surface area contributed by atoms with Gasteiger partial charge in [-0.3, -0.25) is 4.90 Å². The number of hydrogen-bond donors (Lipinski definition) is 0. The summed E-state index contributed by atoms with van der Waals surface area (Å²) in [6, 6.07) is 15.0. The number of aldehydes is 1. The van der Waals surface area contributed by atoms with Crippen LogP contribution in [0.4, 0.5) is 13.2 Å². The molecular formula is C18H15F3N2O. The van der Waals surface area contributed by atoms with Crippen molar-refractivity contribution in [2.24, 2.45) is 0 Å². The molecule has 0 heterocycles. The van der Waals surface area contributed by atoms with Crippen molar-refractivity contribution in [2.45, 2.75) is 18.8 Å². The topological polar surface area (TPSA) is 44.1 Å². The molecule has 2 rings (SSSR count). The molecule has 0 aliphatic heterocycles. The normalized spacial score (nSPS) is 12.6. The molecule has 0 aliphatic rings. The molecule has 0 radical (unpaired) electrons. The van der Waals surface area contributed by atoms with Crippen LogP contribution in [0, 0.1) is 11.3 Å². The van der Waals surface area contributed by atoms with Gasteiger partial charge in [-0.15, -0.1) is 0 Å². The molecule has 0 saturated carbocycles. The number of rotatable bonds is 6. The van der Waals surface area contributed by atoms with E-state index in [1.54, 1.807) is 4.90 Å². The minimum absolute atomic E-state index is 0.00808. The predicted molar refractivity (Wildman–Crippen MR) is 82.7 cm³/mol. The average Bonchev–Trinajstić information content (AvgIpc) is 2.56. The summed E-state index contributed by atoms with van der Waals surface area (Å²) >= 11 is 0. The van der Waals surface area contributed by atoms with Crippen LogP contribution >= 0.6 is 0 Å². The molecule has 1 unspecified atom stereocenters. The lowest BCUT2D eigenvalue weighted by atomic mass is 10.0. The maximum Gasteiger partial charge on any atom is 0.416 e. The van der Waals surface area contributed by atoms with Crippen LogP contribution in [0.5, 0.6) is 0 Å². The minimum atomic E-state index is -4.42. The monoisotopic (exact) mass is 332 g/mol. The third-order valence-electron chi connectivity index (χ3n) is 3.58. The Labute approximate surface area is 137 Å². The predicted octanol–water partition coefficient (Wildman–Crippen LogP) is 3.97. The lowest BCUT2D eigenvalue weighted by Crippen LogP contribution is -2.29. The van der Waals surface area contributed by atoms with E-state index in [-0.39, 0.29) is 6.54 Å². The number of halogens is 3. The van der Waals surface area contributed by atoms with Crippen molar-refractivity contribution in [3.63, 3.8) is 0 Å². The van der Waals surface area contributed by atoms with Crippen molar-refractivity contribution in [1.82, 2.24) is 4.90 Å². The molecule has 0 aromatic heterocycles. The summed E-state index contributed by atoms with van der Waals surface area (Å²) in [5.41, 5.74) is 0.558. The van der Waals surface area contributed by atoms with Crippen molar-refractivity contribution < 1.29 is 18.0 Å². The Kier molecular flexibility index (Phi) is 5.72. The van der Waals surface area contributed by atoms with E-state index in [4.69, 9.17) is 0 Å². The lowest BCUT2D eigenvalue weighted by Gasteiger charge is -2.25. The van der Waals surface area contributed by atoms with E-state index in [9.17, 15) is 23.2 Å². The molecule has 2 aromatic rings. The Morgan fingerprint density at radius 3 is 2.21 bits per heavy atom. The number of carbonyl (C=O) groups is 1. The van der Waals surface area contributed by atoms with Gasteiger partial charge in [-0.25, -0.2) is 0 Å². The first-order valence-electron chi connectivity index (χ1n) is 7.24. The van der Waals surface area contributed by atoms with E-state index in [0.29, 0.717) is 18.4 Å². The number of nitriles is 1. The molecule has 0 amide bonds. The summed E-state index contributed by atoms with van der Waals surface area (Å²) in [5, 5.41) is 9.45. The highest BCUT2D eigenvalue weighted by Gasteiger charge is 2.30. The fraction of sp³-hybridized carbons (Fsp3) is 0.222. The molecule has 0 fully saturated rings. The van der Waals surface area contributed by atoms with Crippen molar-refractivity contribution in [2.75, 3.05) is 6.54 Å². The Balaban J connectivity index is 2.26. The number of hydrogen-bond acceptors (Lipinski definition) is 3. The first-order chi connectivity index (χ1) is 11.5. The highest BCUT2D eigenvalue weighted by atomic mass is 19.4. The number of benzene rings is 2. The van der Waals surface area contributed by atoms with Gasteiger partial charge < -0.3 is 4.79 Å². The van der Waals surface area contributed by atoms with Gasteiger partial charge in [0.2, 0.25) is 0 Å². The van der Waals surface area contributed by atoms with Crippen molar-refractivity contribution in [3.8, 4) is 6.07 Å². The first-order valence-corrected chi connectivity index (χ1v) is 7.24. The zero-order valence-electron chi connectivity index (χ0n) is 12.7. The fourth-order valence-corrected chi connectivity index (χ4v) is 2.40. The Morgan fingerprint density at radius 2 is 1.71 bits per heavy atom. The third kappa shape index (κ3) is 4.43. The summed E-state index contributed by atoms with van der Waals surface area (Å²) in [6.07, 6.45) is -3.75. The fourth-order valence-electron chi connectivity index (χ4n) is 2.40. The molecule has 0 spiro atoms. The molecule has 3 nitrogen and oxygen atoms in total. The van der Waals surface area contributed by atoms with Gasteiger partial charge in [0.15, 0.2) is 0 Å². The smallest absolute Gasteiger partial charge is 0.302 e. The molecule has 124 valence electrons. The summed E-state index contributed by atoms with van der Waals surface area (Å²) in [4.78, 5) is 12.6. The van der Waals surface area contributed by atoms with Gasteiger partial charge in [-0.2, -0.15) is 18.4 Å². The standard InChI is InChI=1S/C18H15F3N2O/c19-18(20,21)16-8-6-15(7-9-16)17(12-22)23(10-11-24)13-14-4-2-1-3-5-14/h1-9,11,17H,10,13H2. The quantitative estimate of drug-likeness (QED) is 0.752. The van der Waals surface area contributed by atoms with Gasteiger partial charge in [0, 0.05) is 6.54 Å². The van der Waals surface area contributed by atoms with Crippen LogP contribution in [0.15, 0.2) is 54.6 Å². The van der Waals surface area contributed by atoms with E-state index in [1.807, 2.05) is 30.3 Å². The number of alkyl halides is 3. The van der Waals surface area contributed by atoms with Crippen LogP contribution in [-0.2, 0) is 17.5 Å². The van der Waals surface area contributed by atoms with E-state index >= 15 is 0 Å². The molecule has 6 heteroatoms. The van der Waals surface area contributed by atoms with Crippen LogP contribution in [0.3, 0.4) is 0 Å². The molecule has 0 N–H and O–H groups in total. The second-order valence-corrected chi connectivity index (χ2v) is 5.23. The summed E-state index contributed by atoms with van der Waals surface area (Å²) in [6.45, 7) is 0.354. The minimum Gasteiger partial charge on any atom is -0.302 e. The van der Waals surface area contributed by atoms with E-state index in [2.05, 4.69) is 6.07 Å². The summed E-state index contributed by atoms with van der Waals surface area (Å²) in [7, 11) is 0. The second kappa shape index (κ2) is 7.75. The Bertz CT molecular complexity index is 706. The largest absolute Gasteiger partial charge is 0.416 e. The van der Waals surface area contributed by atoms with Gasteiger partial charge in [-0.1, -0.05) is 42.5 Å². The number of carbonyl (C=O) groups excluding carboxylic acids is 1. The van der Waals surface area contributed by atoms with Crippen LogP contribution in [0.2, 0.25) is 0 Å². The van der Waals surface area contributed by atoms with Gasteiger partial charge >= 0.3 is 6.18 Å². The Hall–Kier alpha value is -2.65. The molecule has 1 atom stereocenters. The second-order valence-electron chi connectivity index (χ2n) is 5.23. The number of nitrogens with zero attached hydrogens (tertiary/aromatic N) is 2. The third-order valence-corrected chi connectivity index (χ3v) is 3.58. The molecule has 0 saturated heterocycles. The van der Waals surface area contributed by atoms with Crippen molar-refractivity contribution >= 4 is 6.29 Å². The zero-order chi connectivity index (χ0) is 17.6. The van der Waals surface area contributed by atoms with E-state index < -0.39 is 17.8 Å². The van der Waals surface area contributed by atoms with Crippen LogP contribution in [-0.4, -0.2) is 17.7 Å². The van der Waals surface area contributed by atoms with Crippen molar-refractivity contribution in [3.05, 3.63) is 71.3 Å². The molecule has 2 aromatic carbocycles. The SMILES string of the molecule is N#CC(c1ccc(C(F)(F)F)cc1)N(CC=O)Cc1ccccc1. The molecule has 24 heavy (non-hydrogen) atoms. The maximum absolute atomic E-state index is 12.6. The highest BCUT2D eigenvalue weighted by Crippen LogP contribution is 2.31. The van der Waals surface area contributed by atoms with E-state index in [0.717, 1.165) is 17.7 Å². The molecule has 0 bridgehead atoms. The van der Waals surface area contributed by atoms with Crippen LogP contribution < -0.4 is 0 Å².